The van der Waals surface area contributed by atoms with Gasteiger partial charge in [-0.05, 0) is 37.5 Å². The number of hydrogen-bond acceptors (Lipinski definition) is 3. The second-order valence-electron chi connectivity index (χ2n) is 5.08. The summed E-state index contributed by atoms with van der Waals surface area (Å²) in [7, 11) is 0. The van der Waals surface area contributed by atoms with Crippen molar-refractivity contribution in [3.8, 4) is 0 Å². The maximum Gasteiger partial charge on any atom is 0.177 e. The summed E-state index contributed by atoms with van der Waals surface area (Å²) >= 11 is 0. The summed E-state index contributed by atoms with van der Waals surface area (Å²) in [5.74, 6) is -0.754. The van der Waals surface area contributed by atoms with Gasteiger partial charge < -0.3 is 14.8 Å². The fraction of sp³-hybridized carbons (Fsp3) is 0.600. The molecule has 106 valence electrons. The van der Waals surface area contributed by atoms with E-state index in [0.29, 0.717) is 6.54 Å². The fourth-order valence-electron chi connectivity index (χ4n) is 2.28. The minimum Gasteiger partial charge on any atom is -0.349 e. The molecule has 1 aliphatic rings. The van der Waals surface area contributed by atoms with Crippen LogP contribution in [-0.2, 0) is 9.47 Å². The first-order chi connectivity index (χ1) is 9.13. The lowest BCUT2D eigenvalue weighted by molar-refractivity contribution is -0.252. The molecule has 1 heterocycles. The zero-order chi connectivity index (χ0) is 13.7. The van der Waals surface area contributed by atoms with Crippen molar-refractivity contribution in [2.45, 2.75) is 38.5 Å². The highest BCUT2D eigenvalue weighted by Crippen LogP contribution is 2.21. The standard InChI is InChI=1S/C15H22FNO2/c1-3-14(12-5-7-13(16)8-6-12)17-11-15(2)18-9-4-10-19-15/h5-8,14,17H,3-4,9-11H2,1-2H3. The smallest absolute Gasteiger partial charge is 0.177 e. The van der Waals surface area contributed by atoms with E-state index in [-0.39, 0.29) is 11.9 Å². The van der Waals surface area contributed by atoms with Gasteiger partial charge in [-0.2, -0.15) is 0 Å². The van der Waals surface area contributed by atoms with Gasteiger partial charge in [0, 0.05) is 12.6 Å². The van der Waals surface area contributed by atoms with Crippen molar-refractivity contribution in [1.29, 1.82) is 0 Å². The minimum absolute atomic E-state index is 0.187. The molecule has 0 spiro atoms. The molecule has 3 nitrogen and oxygen atoms in total. The molecule has 19 heavy (non-hydrogen) atoms. The Morgan fingerprint density at radius 1 is 1.26 bits per heavy atom. The van der Waals surface area contributed by atoms with E-state index in [1.54, 1.807) is 0 Å². The Balaban J connectivity index is 1.93. The highest BCUT2D eigenvalue weighted by atomic mass is 19.1. The van der Waals surface area contributed by atoms with Gasteiger partial charge in [-0.1, -0.05) is 19.1 Å². The maximum absolute atomic E-state index is 12.9. The lowest BCUT2D eigenvalue weighted by Gasteiger charge is -2.35. The predicted molar refractivity (Wildman–Crippen MR) is 72.4 cm³/mol. The molecular weight excluding hydrogens is 245 g/mol. The molecule has 1 aromatic rings. The quantitative estimate of drug-likeness (QED) is 0.889. The highest BCUT2D eigenvalue weighted by molar-refractivity contribution is 5.19. The lowest BCUT2D eigenvalue weighted by atomic mass is 10.0. The van der Waals surface area contributed by atoms with Crippen LogP contribution in [0.5, 0.6) is 0 Å². The van der Waals surface area contributed by atoms with E-state index in [1.807, 2.05) is 19.1 Å². The molecule has 0 bridgehead atoms. The summed E-state index contributed by atoms with van der Waals surface area (Å²) in [6.07, 6.45) is 1.88. The molecule has 1 N–H and O–H groups in total. The van der Waals surface area contributed by atoms with Gasteiger partial charge in [0.25, 0.3) is 0 Å². The van der Waals surface area contributed by atoms with Crippen LogP contribution in [0, 0.1) is 5.82 Å². The van der Waals surface area contributed by atoms with Crippen LogP contribution in [0.2, 0.25) is 0 Å². The first-order valence-corrected chi connectivity index (χ1v) is 6.90. The van der Waals surface area contributed by atoms with Crippen molar-refractivity contribution in [2.24, 2.45) is 0 Å². The van der Waals surface area contributed by atoms with E-state index < -0.39 is 5.79 Å². The van der Waals surface area contributed by atoms with E-state index in [1.165, 1.54) is 12.1 Å². The lowest BCUT2D eigenvalue weighted by Crippen LogP contribution is -2.46. The molecule has 0 radical (unpaired) electrons. The van der Waals surface area contributed by atoms with Gasteiger partial charge >= 0.3 is 0 Å². The molecule has 1 saturated heterocycles. The zero-order valence-electron chi connectivity index (χ0n) is 11.6. The number of rotatable bonds is 5. The summed E-state index contributed by atoms with van der Waals surface area (Å²) in [6, 6.07) is 6.82. The fourth-order valence-corrected chi connectivity index (χ4v) is 2.28. The summed E-state index contributed by atoms with van der Waals surface area (Å²) in [6.45, 7) is 6.17. The van der Waals surface area contributed by atoms with Gasteiger partial charge in [0.2, 0.25) is 0 Å². The maximum atomic E-state index is 12.9. The molecule has 1 unspecified atom stereocenters. The molecule has 0 aromatic heterocycles. The highest BCUT2D eigenvalue weighted by Gasteiger charge is 2.29. The van der Waals surface area contributed by atoms with Crippen molar-refractivity contribution >= 4 is 0 Å². The Morgan fingerprint density at radius 2 is 1.89 bits per heavy atom. The van der Waals surface area contributed by atoms with Crippen LogP contribution in [0.4, 0.5) is 4.39 Å². The zero-order valence-corrected chi connectivity index (χ0v) is 11.6. The Labute approximate surface area is 114 Å². The first kappa shape index (κ1) is 14.4. The number of benzene rings is 1. The molecule has 1 aliphatic heterocycles. The molecule has 1 aromatic carbocycles. The van der Waals surface area contributed by atoms with E-state index in [4.69, 9.17) is 9.47 Å². The Morgan fingerprint density at radius 3 is 2.47 bits per heavy atom. The average molecular weight is 267 g/mol. The molecule has 0 aliphatic carbocycles. The number of halogens is 1. The molecular formula is C15H22FNO2. The summed E-state index contributed by atoms with van der Waals surface area (Å²) in [4.78, 5) is 0. The predicted octanol–water partition coefficient (Wildman–Crippen LogP) is 3.02. The van der Waals surface area contributed by atoms with Crippen LogP contribution in [0.1, 0.15) is 38.3 Å². The van der Waals surface area contributed by atoms with Crippen molar-refractivity contribution < 1.29 is 13.9 Å². The van der Waals surface area contributed by atoms with Crippen molar-refractivity contribution in [3.05, 3.63) is 35.6 Å². The Hall–Kier alpha value is -0.970. The second kappa shape index (κ2) is 6.46. The van der Waals surface area contributed by atoms with Crippen LogP contribution in [-0.4, -0.2) is 25.5 Å². The van der Waals surface area contributed by atoms with Crippen molar-refractivity contribution in [3.63, 3.8) is 0 Å². The summed E-state index contributed by atoms with van der Waals surface area (Å²) < 4.78 is 24.3. The van der Waals surface area contributed by atoms with E-state index in [9.17, 15) is 4.39 Å². The number of ether oxygens (including phenoxy) is 2. The van der Waals surface area contributed by atoms with E-state index >= 15 is 0 Å². The van der Waals surface area contributed by atoms with Crippen LogP contribution in [0.3, 0.4) is 0 Å². The van der Waals surface area contributed by atoms with E-state index in [2.05, 4.69) is 12.2 Å². The number of nitrogens with one attached hydrogen (secondary N) is 1. The minimum atomic E-state index is -0.550. The molecule has 0 saturated carbocycles. The summed E-state index contributed by atoms with van der Waals surface area (Å²) in [5, 5.41) is 3.44. The van der Waals surface area contributed by atoms with Gasteiger partial charge in [-0.25, -0.2) is 4.39 Å². The molecule has 2 rings (SSSR count). The summed E-state index contributed by atoms with van der Waals surface area (Å²) in [5.41, 5.74) is 1.09. The Bertz CT molecular complexity index is 388. The van der Waals surface area contributed by atoms with Gasteiger partial charge in [-0.15, -0.1) is 0 Å². The van der Waals surface area contributed by atoms with Crippen LogP contribution < -0.4 is 5.32 Å². The third kappa shape index (κ3) is 4.00. The third-order valence-electron chi connectivity index (χ3n) is 3.45. The van der Waals surface area contributed by atoms with Crippen LogP contribution in [0.15, 0.2) is 24.3 Å². The van der Waals surface area contributed by atoms with Gasteiger partial charge in [0.05, 0.1) is 13.2 Å². The van der Waals surface area contributed by atoms with Crippen molar-refractivity contribution in [1.82, 2.24) is 5.32 Å². The monoisotopic (exact) mass is 267 g/mol. The van der Waals surface area contributed by atoms with Crippen LogP contribution >= 0.6 is 0 Å². The molecule has 4 heteroatoms. The van der Waals surface area contributed by atoms with E-state index in [0.717, 1.165) is 31.6 Å². The van der Waals surface area contributed by atoms with Crippen molar-refractivity contribution in [2.75, 3.05) is 19.8 Å². The third-order valence-corrected chi connectivity index (χ3v) is 3.45. The molecule has 1 fully saturated rings. The SMILES string of the molecule is CCC(NCC1(C)OCCCO1)c1ccc(F)cc1. The topological polar surface area (TPSA) is 30.5 Å². The Kier molecular flexibility index (Phi) is 4.91. The van der Waals surface area contributed by atoms with Gasteiger partial charge in [0.15, 0.2) is 5.79 Å². The normalized spacial score (nSPS) is 20.2. The largest absolute Gasteiger partial charge is 0.349 e. The van der Waals surface area contributed by atoms with Crippen LogP contribution in [0.25, 0.3) is 0 Å². The van der Waals surface area contributed by atoms with Gasteiger partial charge in [-0.3, -0.25) is 0 Å². The number of hydrogen-bond donors (Lipinski definition) is 1. The molecule has 1 atom stereocenters. The second-order valence-corrected chi connectivity index (χ2v) is 5.08. The average Bonchev–Trinajstić information content (AvgIpc) is 2.42. The first-order valence-electron chi connectivity index (χ1n) is 6.90. The molecule has 0 amide bonds. The van der Waals surface area contributed by atoms with Gasteiger partial charge in [0.1, 0.15) is 5.82 Å².